The molecule has 0 spiro atoms. The lowest BCUT2D eigenvalue weighted by Crippen LogP contribution is -1.97. The van der Waals surface area contributed by atoms with Crippen LogP contribution in [0.1, 0.15) is 20.1 Å². The topological polar surface area (TPSA) is 54.4 Å². The third-order valence-corrected chi connectivity index (χ3v) is 5.05. The molecule has 6 heteroatoms. The van der Waals surface area contributed by atoms with Crippen molar-refractivity contribution in [1.29, 1.82) is 0 Å². The van der Waals surface area contributed by atoms with Gasteiger partial charge in [0.25, 0.3) is 0 Å². The summed E-state index contributed by atoms with van der Waals surface area (Å²) in [5.41, 5.74) is 0.755. The number of aromatic carboxylic acids is 1. The van der Waals surface area contributed by atoms with E-state index in [4.69, 9.17) is 5.11 Å². The van der Waals surface area contributed by atoms with Gasteiger partial charge in [0.05, 0.1) is 16.6 Å². The fraction of sp³-hybridized carbons (Fsp3) is 0.154. The Morgan fingerprint density at radius 2 is 2.00 bits per heavy atom. The SMILES string of the molecule is Cc1sc(C(=O)O)cc1CS(=O)c1ccc(F)cc1. The molecule has 1 N–H and O–H groups in total. The van der Waals surface area contributed by atoms with E-state index in [2.05, 4.69) is 0 Å². The second-order valence-corrected chi connectivity index (χ2v) is 6.65. The van der Waals surface area contributed by atoms with Crippen molar-refractivity contribution >= 4 is 28.1 Å². The number of benzene rings is 1. The number of aryl methyl sites for hydroxylation is 1. The Balaban J connectivity index is 2.19. The van der Waals surface area contributed by atoms with E-state index in [1.165, 1.54) is 35.6 Å². The molecule has 0 radical (unpaired) electrons. The van der Waals surface area contributed by atoms with E-state index < -0.39 is 16.8 Å². The van der Waals surface area contributed by atoms with Crippen molar-refractivity contribution in [1.82, 2.24) is 0 Å². The van der Waals surface area contributed by atoms with Crippen molar-refractivity contribution in [3.05, 3.63) is 51.5 Å². The molecule has 0 amide bonds. The first-order valence-corrected chi connectivity index (χ1v) is 7.57. The van der Waals surface area contributed by atoms with Crippen molar-refractivity contribution in [3.8, 4) is 0 Å². The molecular weight excluding hydrogens is 287 g/mol. The largest absolute Gasteiger partial charge is 0.477 e. The average Bonchev–Trinajstić information content (AvgIpc) is 2.72. The Bertz CT molecular complexity index is 632. The fourth-order valence-electron chi connectivity index (χ4n) is 1.58. The van der Waals surface area contributed by atoms with E-state index in [1.54, 1.807) is 13.0 Å². The van der Waals surface area contributed by atoms with E-state index in [-0.39, 0.29) is 16.4 Å². The van der Waals surface area contributed by atoms with E-state index in [0.717, 1.165) is 10.4 Å². The number of carboxylic acids is 1. The summed E-state index contributed by atoms with van der Waals surface area (Å²) < 4.78 is 24.9. The molecule has 0 bridgehead atoms. The van der Waals surface area contributed by atoms with Gasteiger partial charge in [0.2, 0.25) is 0 Å². The van der Waals surface area contributed by atoms with Gasteiger partial charge in [-0.05, 0) is 42.8 Å². The average molecular weight is 298 g/mol. The number of thiophene rings is 1. The maximum absolute atomic E-state index is 12.8. The van der Waals surface area contributed by atoms with Crippen molar-refractivity contribution < 1.29 is 18.5 Å². The van der Waals surface area contributed by atoms with Gasteiger partial charge in [0.15, 0.2) is 0 Å². The van der Waals surface area contributed by atoms with Crippen LogP contribution in [-0.4, -0.2) is 15.3 Å². The van der Waals surface area contributed by atoms with Gasteiger partial charge in [0.1, 0.15) is 10.7 Å². The van der Waals surface area contributed by atoms with E-state index in [1.807, 2.05) is 0 Å². The number of halogens is 1. The molecule has 0 fully saturated rings. The molecule has 1 heterocycles. The normalized spacial score (nSPS) is 12.3. The predicted octanol–water partition coefficient (Wildman–Crippen LogP) is 3.20. The Labute approximate surface area is 116 Å². The zero-order valence-corrected chi connectivity index (χ0v) is 11.7. The lowest BCUT2D eigenvalue weighted by Gasteiger charge is -2.01. The number of carboxylic acid groups (broad SMARTS) is 1. The quantitative estimate of drug-likeness (QED) is 0.943. The maximum atomic E-state index is 12.8. The summed E-state index contributed by atoms with van der Waals surface area (Å²) >= 11 is 1.17. The Kier molecular flexibility index (Phi) is 4.11. The van der Waals surface area contributed by atoms with Crippen LogP contribution in [0.25, 0.3) is 0 Å². The minimum absolute atomic E-state index is 0.237. The van der Waals surface area contributed by atoms with Crippen molar-refractivity contribution in [2.75, 3.05) is 0 Å². The summed E-state index contributed by atoms with van der Waals surface area (Å²) in [6, 6.07) is 7.02. The van der Waals surface area contributed by atoms with Crippen molar-refractivity contribution in [2.45, 2.75) is 17.6 Å². The van der Waals surface area contributed by atoms with Crippen LogP contribution in [0.3, 0.4) is 0 Å². The van der Waals surface area contributed by atoms with Crippen LogP contribution in [0.2, 0.25) is 0 Å². The molecule has 0 saturated heterocycles. The lowest BCUT2D eigenvalue weighted by molar-refractivity contribution is 0.0702. The summed E-state index contributed by atoms with van der Waals surface area (Å²) in [5, 5.41) is 8.90. The van der Waals surface area contributed by atoms with Gasteiger partial charge in [-0.2, -0.15) is 0 Å². The van der Waals surface area contributed by atoms with Crippen LogP contribution >= 0.6 is 11.3 Å². The number of hydrogen-bond acceptors (Lipinski definition) is 3. The van der Waals surface area contributed by atoms with Crippen molar-refractivity contribution in [2.24, 2.45) is 0 Å². The molecule has 2 rings (SSSR count). The van der Waals surface area contributed by atoms with Crippen molar-refractivity contribution in [3.63, 3.8) is 0 Å². The smallest absolute Gasteiger partial charge is 0.345 e. The van der Waals surface area contributed by atoms with Gasteiger partial charge >= 0.3 is 5.97 Å². The molecular formula is C13H11FO3S2. The van der Waals surface area contributed by atoms with Gasteiger partial charge in [-0.3, -0.25) is 4.21 Å². The van der Waals surface area contributed by atoms with E-state index in [9.17, 15) is 13.4 Å². The molecule has 2 aromatic rings. The first kappa shape index (κ1) is 13.9. The number of carbonyl (C=O) groups is 1. The Morgan fingerprint density at radius 3 is 2.53 bits per heavy atom. The highest BCUT2D eigenvalue weighted by Gasteiger charge is 2.14. The van der Waals surface area contributed by atoms with Gasteiger partial charge in [-0.1, -0.05) is 0 Å². The zero-order valence-electron chi connectivity index (χ0n) is 10.1. The van der Waals surface area contributed by atoms with Crippen LogP contribution in [0.15, 0.2) is 35.2 Å². The van der Waals surface area contributed by atoms with Gasteiger partial charge in [0, 0.05) is 9.77 Å². The summed E-state index contributed by atoms with van der Waals surface area (Å²) in [6.07, 6.45) is 0. The standard InChI is InChI=1S/C13H11FO3S2/c1-8-9(6-12(18-8)13(15)16)7-19(17)11-4-2-10(14)3-5-11/h2-6H,7H2,1H3,(H,15,16). The summed E-state index contributed by atoms with van der Waals surface area (Å²) in [4.78, 5) is 12.5. The minimum atomic E-state index is -1.31. The first-order chi connectivity index (χ1) is 8.97. The molecule has 19 heavy (non-hydrogen) atoms. The second kappa shape index (κ2) is 5.63. The second-order valence-electron chi connectivity index (χ2n) is 3.94. The van der Waals surface area contributed by atoms with Crippen LogP contribution in [-0.2, 0) is 16.6 Å². The lowest BCUT2D eigenvalue weighted by atomic mass is 10.3. The highest BCUT2D eigenvalue weighted by atomic mass is 32.2. The molecule has 1 unspecified atom stereocenters. The molecule has 100 valence electrons. The fourth-order valence-corrected chi connectivity index (χ4v) is 3.74. The predicted molar refractivity (Wildman–Crippen MR) is 72.5 cm³/mol. The maximum Gasteiger partial charge on any atom is 0.345 e. The third kappa shape index (κ3) is 3.27. The van der Waals surface area contributed by atoms with E-state index in [0.29, 0.717) is 4.90 Å². The van der Waals surface area contributed by atoms with Crippen LogP contribution in [0.5, 0.6) is 0 Å². The summed E-state index contributed by atoms with van der Waals surface area (Å²) in [5.74, 6) is -1.12. The number of hydrogen-bond donors (Lipinski definition) is 1. The molecule has 0 aliphatic rings. The molecule has 3 nitrogen and oxygen atoms in total. The monoisotopic (exact) mass is 298 g/mol. The zero-order chi connectivity index (χ0) is 14.0. The number of rotatable bonds is 4. The minimum Gasteiger partial charge on any atom is -0.477 e. The molecule has 0 aliphatic heterocycles. The van der Waals surface area contributed by atoms with Crippen LogP contribution in [0.4, 0.5) is 4.39 Å². The molecule has 1 atom stereocenters. The van der Waals surface area contributed by atoms with Gasteiger partial charge in [-0.25, -0.2) is 9.18 Å². The Hall–Kier alpha value is -1.53. The molecule has 0 saturated carbocycles. The van der Waals surface area contributed by atoms with E-state index >= 15 is 0 Å². The van der Waals surface area contributed by atoms with Gasteiger partial charge < -0.3 is 5.11 Å². The molecule has 1 aromatic heterocycles. The Morgan fingerprint density at radius 1 is 1.37 bits per heavy atom. The molecule has 1 aromatic carbocycles. The first-order valence-electron chi connectivity index (χ1n) is 5.44. The third-order valence-electron chi connectivity index (χ3n) is 2.59. The van der Waals surface area contributed by atoms with Gasteiger partial charge in [-0.15, -0.1) is 11.3 Å². The summed E-state index contributed by atoms with van der Waals surface area (Å²) in [7, 11) is -1.31. The summed E-state index contributed by atoms with van der Waals surface area (Å²) in [6.45, 7) is 1.80. The van der Waals surface area contributed by atoms with Crippen LogP contribution in [0, 0.1) is 12.7 Å². The van der Waals surface area contributed by atoms with Crippen LogP contribution < -0.4 is 0 Å². The highest BCUT2D eigenvalue weighted by molar-refractivity contribution is 7.84. The molecule has 0 aliphatic carbocycles. The highest BCUT2D eigenvalue weighted by Crippen LogP contribution is 2.24.